The van der Waals surface area contributed by atoms with Gasteiger partial charge in [0.25, 0.3) is 0 Å². The molecule has 0 spiro atoms. The highest BCUT2D eigenvalue weighted by Gasteiger charge is 2.04. The second-order valence-electron chi connectivity index (χ2n) is 3.95. The van der Waals surface area contributed by atoms with Crippen LogP contribution in [-0.4, -0.2) is 24.3 Å². The van der Waals surface area contributed by atoms with E-state index in [4.69, 9.17) is 21.4 Å². The van der Waals surface area contributed by atoms with E-state index in [-0.39, 0.29) is 6.61 Å². The van der Waals surface area contributed by atoms with Gasteiger partial charge in [-0.15, -0.1) is 0 Å². The average Bonchev–Trinajstić information content (AvgIpc) is 2.37. The average molecular weight is 265 g/mol. The molecule has 1 N–H and O–H groups in total. The first kappa shape index (κ1) is 12.9. The summed E-state index contributed by atoms with van der Waals surface area (Å²) in [5.41, 5.74) is 1.11. The number of carboxylic acid groups (broad SMARTS) is 1. The lowest BCUT2D eigenvalue weighted by atomic mass is 10.0. The summed E-state index contributed by atoms with van der Waals surface area (Å²) >= 11 is 6.12. The summed E-state index contributed by atoms with van der Waals surface area (Å²) in [5.74, 6) is -0.948. The van der Waals surface area contributed by atoms with Crippen LogP contribution in [0.15, 0.2) is 36.4 Å². The fourth-order valence-electron chi connectivity index (χ4n) is 1.88. The molecule has 0 heterocycles. The summed E-state index contributed by atoms with van der Waals surface area (Å²) < 4.78 is 5.05. The molecule has 0 saturated carbocycles. The second kappa shape index (κ2) is 5.85. The van der Waals surface area contributed by atoms with E-state index in [0.29, 0.717) is 13.0 Å². The Balaban J connectivity index is 2.14. The summed E-state index contributed by atoms with van der Waals surface area (Å²) in [7, 11) is 0. The molecule has 0 fully saturated rings. The number of fused-ring (bicyclic) bond motifs is 1. The lowest BCUT2D eigenvalue weighted by Crippen LogP contribution is -2.09. The maximum absolute atomic E-state index is 10.3. The van der Waals surface area contributed by atoms with E-state index in [9.17, 15) is 4.79 Å². The van der Waals surface area contributed by atoms with Crippen LogP contribution < -0.4 is 0 Å². The number of ether oxygens (including phenoxy) is 1. The lowest BCUT2D eigenvalue weighted by Gasteiger charge is -2.08. The van der Waals surface area contributed by atoms with Gasteiger partial charge >= 0.3 is 5.97 Å². The van der Waals surface area contributed by atoms with E-state index >= 15 is 0 Å². The van der Waals surface area contributed by atoms with Crippen LogP contribution in [0.3, 0.4) is 0 Å². The van der Waals surface area contributed by atoms with E-state index in [2.05, 4.69) is 0 Å². The highest BCUT2D eigenvalue weighted by molar-refractivity contribution is 6.35. The third-order valence-electron chi connectivity index (χ3n) is 2.70. The first-order chi connectivity index (χ1) is 8.68. The van der Waals surface area contributed by atoms with Crippen molar-refractivity contribution in [1.29, 1.82) is 0 Å². The number of carboxylic acids is 1. The first-order valence-electron chi connectivity index (χ1n) is 5.64. The van der Waals surface area contributed by atoms with Crippen molar-refractivity contribution >= 4 is 28.3 Å². The topological polar surface area (TPSA) is 46.5 Å². The Kier molecular flexibility index (Phi) is 4.18. The Labute approximate surface area is 110 Å². The van der Waals surface area contributed by atoms with Crippen LogP contribution in [0.1, 0.15) is 5.56 Å². The van der Waals surface area contributed by atoms with Crippen molar-refractivity contribution in [2.75, 3.05) is 13.2 Å². The number of carbonyl (C=O) groups is 1. The van der Waals surface area contributed by atoms with Gasteiger partial charge < -0.3 is 9.84 Å². The minimum atomic E-state index is -0.948. The van der Waals surface area contributed by atoms with Crippen molar-refractivity contribution in [3.63, 3.8) is 0 Å². The van der Waals surface area contributed by atoms with Gasteiger partial charge in [-0.3, -0.25) is 0 Å². The Morgan fingerprint density at radius 1 is 1.17 bits per heavy atom. The van der Waals surface area contributed by atoms with Gasteiger partial charge in [-0.2, -0.15) is 0 Å². The molecule has 2 aromatic rings. The molecule has 18 heavy (non-hydrogen) atoms. The van der Waals surface area contributed by atoms with Crippen molar-refractivity contribution in [3.8, 4) is 0 Å². The molecule has 3 nitrogen and oxygen atoms in total. The third-order valence-corrected chi connectivity index (χ3v) is 3.03. The zero-order chi connectivity index (χ0) is 13.0. The molecule has 0 saturated heterocycles. The molecule has 0 aliphatic heterocycles. The molecule has 0 amide bonds. The third kappa shape index (κ3) is 3.00. The Morgan fingerprint density at radius 3 is 2.61 bits per heavy atom. The maximum Gasteiger partial charge on any atom is 0.329 e. The van der Waals surface area contributed by atoms with Crippen LogP contribution in [0.2, 0.25) is 5.02 Å². The molecule has 2 aromatic carbocycles. The normalized spacial score (nSPS) is 10.7. The van der Waals surface area contributed by atoms with E-state index in [1.165, 1.54) is 0 Å². The molecule has 94 valence electrons. The Hall–Kier alpha value is -1.58. The first-order valence-corrected chi connectivity index (χ1v) is 6.02. The molecule has 0 aliphatic rings. The van der Waals surface area contributed by atoms with Crippen LogP contribution in [0.4, 0.5) is 0 Å². The SMILES string of the molecule is O=C(O)COCCc1ccc(Cl)c2ccccc12. The van der Waals surface area contributed by atoms with Gasteiger partial charge in [-0.05, 0) is 23.4 Å². The highest BCUT2D eigenvalue weighted by atomic mass is 35.5. The van der Waals surface area contributed by atoms with Gasteiger partial charge in [0.1, 0.15) is 6.61 Å². The molecule has 2 rings (SSSR count). The molecule has 0 aliphatic carbocycles. The number of hydrogen-bond donors (Lipinski definition) is 1. The summed E-state index contributed by atoms with van der Waals surface area (Å²) in [6.07, 6.45) is 0.672. The summed E-state index contributed by atoms with van der Waals surface area (Å²) in [5, 5.41) is 11.3. The van der Waals surface area contributed by atoms with Gasteiger partial charge in [0.2, 0.25) is 0 Å². The van der Waals surface area contributed by atoms with E-state index in [1.54, 1.807) is 0 Å². The van der Waals surface area contributed by atoms with Crippen LogP contribution in [0.25, 0.3) is 10.8 Å². The standard InChI is InChI=1S/C14H13ClO3/c15-13-6-5-10(7-8-18-9-14(16)17)11-3-1-2-4-12(11)13/h1-6H,7-9H2,(H,16,17). The van der Waals surface area contributed by atoms with Gasteiger partial charge in [0.05, 0.1) is 6.61 Å². The molecule has 0 radical (unpaired) electrons. The fraction of sp³-hybridized carbons (Fsp3) is 0.214. The number of benzene rings is 2. The molecule has 0 atom stereocenters. The smallest absolute Gasteiger partial charge is 0.329 e. The second-order valence-corrected chi connectivity index (χ2v) is 4.36. The molecule has 4 heteroatoms. The number of halogens is 1. The largest absolute Gasteiger partial charge is 0.480 e. The summed E-state index contributed by atoms with van der Waals surface area (Å²) in [4.78, 5) is 10.3. The minimum Gasteiger partial charge on any atom is -0.480 e. The monoisotopic (exact) mass is 264 g/mol. The predicted octanol–water partition coefficient (Wildman–Crippen LogP) is 3.14. The van der Waals surface area contributed by atoms with E-state index in [0.717, 1.165) is 21.4 Å². The van der Waals surface area contributed by atoms with Crippen molar-refractivity contribution in [1.82, 2.24) is 0 Å². The number of rotatable bonds is 5. The van der Waals surface area contributed by atoms with Crippen molar-refractivity contribution < 1.29 is 14.6 Å². The Bertz CT molecular complexity index is 566. The molecular formula is C14H13ClO3. The molecule has 0 bridgehead atoms. The van der Waals surface area contributed by atoms with Gasteiger partial charge in [0.15, 0.2) is 0 Å². The maximum atomic E-state index is 10.3. The van der Waals surface area contributed by atoms with Crippen molar-refractivity contribution in [3.05, 3.63) is 47.0 Å². The van der Waals surface area contributed by atoms with Crippen LogP contribution in [0, 0.1) is 0 Å². The number of aliphatic carboxylic acids is 1. The molecule has 0 aromatic heterocycles. The Morgan fingerprint density at radius 2 is 1.89 bits per heavy atom. The van der Waals surface area contributed by atoms with Crippen molar-refractivity contribution in [2.24, 2.45) is 0 Å². The zero-order valence-electron chi connectivity index (χ0n) is 9.73. The summed E-state index contributed by atoms with van der Waals surface area (Å²) in [6, 6.07) is 11.7. The van der Waals surface area contributed by atoms with Crippen LogP contribution in [-0.2, 0) is 16.0 Å². The minimum absolute atomic E-state index is 0.258. The van der Waals surface area contributed by atoms with Crippen LogP contribution >= 0.6 is 11.6 Å². The van der Waals surface area contributed by atoms with Crippen LogP contribution in [0.5, 0.6) is 0 Å². The van der Waals surface area contributed by atoms with Gasteiger partial charge in [-0.1, -0.05) is 41.9 Å². The fourth-order valence-corrected chi connectivity index (χ4v) is 2.11. The van der Waals surface area contributed by atoms with Gasteiger partial charge in [0, 0.05) is 10.4 Å². The number of hydrogen-bond acceptors (Lipinski definition) is 2. The van der Waals surface area contributed by atoms with E-state index < -0.39 is 5.97 Å². The summed E-state index contributed by atoms with van der Waals surface area (Å²) in [6.45, 7) is 0.128. The molecular weight excluding hydrogens is 252 g/mol. The quantitative estimate of drug-likeness (QED) is 0.844. The molecule has 0 unspecified atom stereocenters. The predicted molar refractivity (Wildman–Crippen MR) is 71.1 cm³/mol. The van der Waals surface area contributed by atoms with Crippen molar-refractivity contribution in [2.45, 2.75) is 6.42 Å². The van der Waals surface area contributed by atoms with E-state index in [1.807, 2.05) is 36.4 Å². The lowest BCUT2D eigenvalue weighted by molar-refractivity contribution is -0.142. The highest BCUT2D eigenvalue weighted by Crippen LogP contribution is 2.26. The zero-order valence-corrected chi connectivity index (χ0v) is 10.5. The van der Waals surface area contributed by atoms with Gasteiger partial charge in [-0.25, -0.2) is 4.79 Å².